The minimum absolute atomic E-state index is 0.0824. The molecule has 0 radical (unpaired) electrons. The van der Waals surface area contributed by atoms with E-state index in [9.17, 15) is 14.0 Å². The number of para-hydroxylation sites is 1. The zero-order chi connectivity index (χ0) is 23.1. The zero-order valence-electron chi connectivity index (χ0n) is 17.9. The summed E-state index contributed by atoms with van der Waals surface area (Å²) in [6.07, 6.45) is 1.77. The summed E-state index contributed by atoms with van der Waals surface area (Å²) in [4.78, 5) is 42.9. The number of nitrogens with one attached hydrogen (secondary N) is 1. The lowest BCUT2D eigenvalue weighted by Gasteiger charge is -2.42. The molecule has 1 amide bonds. The Morgan fingerprint density at radius 3 is 2.44 bits per heavy atom. The lowest BCUT2D eigenvalue weighted by Crippen LogP contribution is -2.54. The van der Waals surface area contributed by atoms with Gasteiger partial charge in [-0.25, -0.2) is 4.39 Å². The summed E-state index contributed by atoms with van der Waals surface area (Å²) in [5.74, 6) is -0.785. The van der Waals surface area contributed by atoms with E-state index in [2.05, 4.69) is 14.8 Å². The van der Waals surface area contributed by atoms with Crippen molar-refractivity contribution in [3.63, 3.8) is 0 Å². The molecule has 174 valence electrons. The number of carbonyl (C=O) groups excluding carboxylic acids is 1. The molecule has 32 heavy (non-hydrogen) atoms. The van der Waals surface area contributed by atoms with Crippen molar-refractivity contribution < 1.29 is 24.2 Å². The number of amides is 1. The van der Waals surface area contributed by atoms with Crippen LogP contribution in [0.3, 0.4) is 0 Å². The van der Waals surface area contributed by atoms with Crippen LogP contribution < -0.4 is 5.43 Å². The fourth-order valence-corrected chi connectivity index (χ4v) is 4.45. The number of carbonyl (C=O) groups is 2. The van der Waals surface area contributed by atoms with Crippen LogP contribution in [-0.2, 0) is 4.79 Å². The normalized spacial score (nSPS) is 18.2. The van der Waals surface area contributed by atoms with E-state index < -0.39 is 5.82 Å². The number of halogens is 1. The first kappa shape index (κ1) is 23.8. The molecule has 10 heteroatoms. The highest BCUT2D eigenvalue weighted by atomic mass is 19.1. The number of likely N-dealkylation sites (tertiary alicyclic amines) is 1. The highest BCUT2D eigenvalue weighted by molar-refractivity contribution is 5.95. The van der Waals surface area contributed by atoms with Crippen molar-refractivity contribution in [1.29, 1.82) is 0 Å². The number of aromatic nitrogens is 1. The van der Waals surface area contributed by atoms with Gasteiger partial charge in [0.1, 0.15) is 11.5 Å². The number of nitrogens with zero attached hydrogens (tertiary/aromatic N) is 3. The van der Waals surface area contributed by atoms with Gasteiger partial charge in [0, 0.05) is 63.3 Å². The maximum atomic E-state index is 14.1. The molecule has 2 fully saturated rings. The zero-order valence-corrected chi connectivity index (χ0v) is 17.9. The molecule has 1 aromatic heterocycles. The number of H-pyrrole nitrogens is 1. The Morgan fingerprint density at radius 1 is 1.16 bits per heavy atom. The van der Waals surface area contributed by atoms with Crippen LogP contribution in [0, 0.1) is 5.82 Å². The first-order valence-corrected chi connectivity index (χ1v) is 10.7. The number of piperidine rings is 1. The number of β-amino-alcohol motifs (C(OH)–C–C–N with tert-alkyl or cyclic N) is 1. The lowest BCUT2D eigenvalue weighted by molar-refractivity contribution is -0.122. The maximum absolute atomic E-state index is 14.1. The van der Waals surface area contributed by atoms with Crippen LogP contribution in [0.15, 0.2) is 29.1 Å². The summed E-state index contributed by atoms with van der Waals surface area (Å²) in [6, 6.07) is 6.04. The van der Waals surface area contributed by atoms with E-state index in [4.69, 9.17) is 15.0 Å². The average Bonchev–Trinajstić information content (AvgIpc) is 2.81. The van der Waals surface area contributed by atoms with Gasteiger partial charge >= 0.3 is 0 Å². The van der Waals surface area contributed by atoms with Gasteiger partial charge in [0.05, 0.1) is 12.1 Å². The first-order valence-electron chi connectivity index (χ1n) is 10.7. The third-order valence-corrected chi connectivity index (χ3v) is 6.14. The van der Waals surface area contributed by atoms with Gasteiger partial charge in [-0.15, -0.1) is 0 Å². The highest BCUT2D eigenvalue weighted by Gasteiger charge is 2.29. The summed E-state index contributed by atoms with van der Waals surface area (Å²) >= 11 is 0. The Bertz CT molecular complexity index is 982. The predicted molar refractivity (Wildman–Crippen MR) is 117 cm³/mol. The summed E-state index contributed by atoms with van der Waals surface area (Å²) in [6.45, 7) is 5.81. The number of aliphatic hydroxyl groups excluding tert-OH is 1. The van der Waals surface area contributed by atoms with Gasteiger partial charge in [-0.3, -0.25) is 24.2 Å². The molecular weight excluding hydrogens is 419 g/mol. The van der Waals surface area contributed by atoms with E-state index in [1.165, 1.54) is 18.2 Å². The molecule has 0 atom stereocenters. The summed E-state index contributed by atoms with van der Waals surface area (Å²) in [5, 5.41) is 16.2. The maximum Gasteiger partial charge on any atom is 0.290 e. The number of aromatic amines is 1. The number of aliphatic hydroxyl groups is 1. The van der Waals surface area contributed by atoms with E-state index >= 15 is 0 Å². The van der Waals surface area contributed by atoms with Gasteiger partial charge in [-0.1, -0.05) is 6.07 Å². The van der Waals surface area contributed by atoms with Crippen LogP contribution in [0.4, 0.5) is 4.39 Å². The SMILES string of the molecule is O=C(c1cc(=O)c2cccc(F)c2[nH]1)N1CCC(N2CCN(CCO)CC2)CC1.O=CO. The average molecular weight is 448 g/mol. The first-order chi connectivity index (χ1) is 15.5. The van der Waals surface area contributed by atoms with Crippen molar-refractivity contribution in [3.05, 3.63) is 46.0 Å². The third-order valence-electron chi connectivity index (χ3n) is 6.14. The number of hydrogen-bond donors (Lipinski definition) is 3. The van der Waals surface area contributed by atoms with Gasteiger partial charge in [0.15, 0.2) is 5.43 Å². The Morgan fingerprint density at radius 2 is 1.81 bits per heavy atom. The number of rotatable bonds is 4. The summed E-state index contributed by atoms with van der Waals surface area (Å²) in [7, 11) is 0. The molecule has 0 saturated carbocycles. The van der Waals surface area contributed by atoms with E-state index in [0.29, 0.717) is 19.1 Å². The molecule has 2 aromatic rings. The van der Waals surface area contributed by atoms with Gasteiger partial charge in [0.2, 0.25) is 0 Å². The van der Waals surface area contributed by atoms with Crippen LogP contribution in [0.25, 0.3) is 10.9 Å². The van der Waals surface area contributed by atoms with Crippen molar-refractivity contribution in [2.45, 2.75) is 18.9 Å². The van der Waals surface area contributed by atoms with Crippen molar-refractivity contribution in [2.75, 3.05) is 52.4 Å². The quantitative estimate of drug-likeness (QED) is 0.586. The molecule has 2 aliphatic rings. The molecule has 0 bridgehead atoms. The second-order valence-electron chi connectivity index (χ2n) is 7.94. The Hall–Kier alpha value is -2.82. The lowest BCUT2D eigenvalue weighted by atomic mass is 10.0. The second-order valence-corrected chi connectivity index (χ2v) is 7.94. The van der Waals surface area contributed by atoms with Crippen LogP contribution in [0.1, 0.15) is 23.3 Å². The minimum atomic E-state index is -0.534. The largest absolute Gasteiger partial charge is 0.483 e. The number of benzene rings is 1. The van der Waals surface area contributed by atoms with Gasteiger partial charge < -0.3 is 20.1 Å². The van der Waals surface area contributed by atoms with Gasteiger partial charge in [0.25, 0.3) is 12.4 Å². The fourth-order valence-electron chi connectivity index (χ4n) is 4.45. The smallest absolute Gasteiger partial charge is 0.290 e. The molecule has 9 nitrogen and oxygen atoms in total. The topological polar surface area (TPSA) is 117 Å². The molecule has 0 spiro atoms. The Balaban J connectivity index is 0.000000913. The van der Waals surface area contributed by atoms with E-state index in [1.807, 2.05) is 0 Å². The molecule has 3 heterocycles. The van der Waals surface area contributed by atoms with Crippen molar-refractivity contribution >= 4 is 23.3 Å². The minimum Gasteiger partial charge on any atom is -0.483 e. The van der Waals surface area contributed by atoms with E-state index in [1.54, 1.807) is 11.0 Å². The monoisotopic (exact) mass is 448 g/mol. The third kappa shape index (κ3) is 5.50. The molecule has 4 rings (SSSR count). The molecule has 0 aliphatic carbocycles. The number of hydrogen-bond acceptors (Lipinski definition) is 6. The summed E-state index contributed by atoms with van der Waals surface area (Å²) < 4.78 is 14.1. The molecular formula is C22H29FN4O5. The van der Waals surface area contributed by atoms with Crippen molar-refractivity contribution in [2.24, 2.45) is 0 Å². The van der Waals surface area contributed by atoms with Crippen LogP contribution >= 0.6 is 0 Å². The molecule has 2 saturated heterocycles. The number of pyridine rings is 1. The summed E-state index contributed by atoms with van der Waals surface area (Å²) in [5.41, 5.74) is -0.125. The number of piperazine rings is 1. The highest BCUT2D eigenvalue weighted by Crippen LogP contribution is 2.20. The van der Waals surface area contributed by atoms with Crippen molar-refractivity contribution in [1.82, 2.24) is 19.7 Å². The standard InChI is InChI=1S/C21H27FN4O3.CH2O2/c22-17-3-1-2-16-19(28)14-18(23-20(16)17)21(29)26-6-4-15(5-7-26)25-10-8-24(9-11-25)12-13-27;2-1-3/h1-3,14-15,27H,4-13H2,(H,23,28);1H,(H,2,3). The van der Waals surface area contributed by atoms with Gasteiger partial charge in [-0.05, 0) is 25.0 Å². The van der Waals surface area contributed by atoms with Gasteiger partial charge in [-0.2, -0.15) is 0 Å². The molecule has 3 N–H and O–H groups in total. The van der Waals surface area contributed by atoms with E-state index in [-0.39, 0.29) is 41.0 Å². The molecule has 1 aromatic carbocycles. The second kappa shape index (κ2) is 11.2. The Kier molecular flexibility index (Phi) is 8.32. The molecule has 0 unspecified atom stereocenters. The van der Waals surface area contributed by atoms with E-state index in [0.717, 1.165) is 45.6 Å². The predicted octanol–water partition coefficient (Wildman–Crippen LogP) is 0.583. The fraction of sp³-hybridized carbons (Fsp3) is 0.500. The Labute approximate surface area is 185 Å². The van der Waals surface area contributed by atoms with Crippen LogP contribution in [0.2, 0.25) is 0 Å². The van der Waals surface area contributed by atoms with Crippen molar-refractivity contribution in [3.8, 4) is 0 Å². The number of carboxylic acid groups (broad SMARTS) is 1. The van der Waals surface area contributed by atoms with Crippen LogP contribution in [-0.4, -0.2) is 101 Å². The van der Waals surface area contributed by atoms with Crippen LogP contribution in [0.5, 0.6) is 0 Å². The molecule has 2 aliphatic heterocycles. The number of fused-ring (bicyclic) bond motifs is 1.